The van der Waals surface area contributed by atoms with E-state index in [9.17, 15) is 9.18 Å². The fourth-order valence-electron chi connectivity index (χ4n) is 2.22. The summed E-state index contributed by atoms with van der Waals surface area (Å²) in [5.41, 5.74) is 1.08. The van der Waals surface area contributed by atoms with Crippen molar-refractivity contribution in [1.82, 2.24) is 15.1 Å². The molecule has 1 aliphatic heterocycles. The van der Waals surface area contributed by atoms with Crippen LogP contribution in [0.5, 0.6) is 0 Å². The molecule has 3 rings (SSSR count). The molecule has 0 aliphatic carbocycles. The maximum absolute atomic E-state index is 13.6. The van der Waals surface area contributed by atoms with Crippen molar-refractivity contribution >= 4 is 29.1 Å². The minimum Gasteiger partial charge on any atom is -0.378 e. The molecule has 1 fully saturated rings. The summed E-state index contributed by atoms with van der Waals surface area (Å²) in [6, 6.07) is 4.06. The van der Waals surface area contributed by atoms with Crippen LogP contribution in [-0.2, 0) is 4.74 Å². The third kappa shape index (κ3) is 2.95. The Morgan fingerprint density at radius 3 is 2.68 bits per heavy atom. The van der Waals surface area contributed by atoms with Gasteiger partial charge in [-0.2, -0.15) is 5.10 Å². The molecule has 1 N–H and O–H groups in total. The van der Waals surface area contributed by atoms with Crippen molar-refractivity contribution in [2.45, 2.75) is 0 Å². The van der Waals surface area contributed by atoms with E-state index in [1.807, 2.05) is 0 Å². The van der Waals surface area contributed by atoms with Gasteiger partial charge in [-0.3, -0.25) is 9.89 Å². The fourth-order valence-corrected chi connectivity index (χ4v) is 2.70. The lowest BCUT2D eigenvalue weighted by molar-refractivity contribution is 0.0299. The number of halogens is 3. The van der Waals surface area contributed by atoms with Gasteiger partial charge < -0.3 is 9.64 Å². The first-order chi connectivity index (χ1) is 10.6. The summed E-state index contributed by atoms with van der Waals surface area (Å²) in [7, 11) is 0. The maximum Gasteiger partial charge on any atom is 0.272 e. The number of carbonyl (C=O) groups excluding carboxylic acids is 1. The van der Waals surface area contributed by atoms with Gasteiger partial charge in [-0.25, -0.2) is 4.39 Å². The third-order valence-electron chi connectivity index (χ3n) is 3.39. The Labute approximate surface area is 136 Å². The minimum absolute atomic E-state index is 0.0612. The zero-order valence-corrected chi connectivity index (χ0v) is 12.9. The van der Waals surface area contributed by atoms with Gasteiger partial charge in [0.05, 0.1) is 29.0 Å². The summed E-state index contributed by atoms with van der Waals surface area (Å²) in [5.74, 6) is -0.766. The van der Waals surface area contributed by atoms with Gasteiger partial charge in [-0.1, -0.05) is 23.2 Å². The summed E-state index contributed by atoms with van der Waals surface area (Å²) in [5, 5.41) is 6.91. The Morgan fingerprint density at radius 2 is 1.95 bits per heavy atom. The lowest BCUT2D eigenvalue weighted by Crippen LogP contribution is -2.40. The highest BCUT2D eigenvalue weighted by molar-refractivity contribution is 6.36. The predicted molar refractivity (Wildman–Crippen MR) is 80.7 cm³/mol. The van der Waals surface area contributed by atoms with Crippen molar-refractivity contribution in [2.75, 3.05) is 26.3 Å². The zero-order chi connectivity index (χ0) is 15.7. The highest BCUT2D eigenvalue weighted by atomic mass is 35.5. The van der Waals surface area contributed by atoms with Crippen LogP contribution in [0.3, 0.4) is 0 Å². The van der Waals surface area contributed by atoms with Gasteiger partial charge in [0.2, 0.25) is 0 Å². The van der Waals surface area contributed by atoms with Crippen LogP contribution in [0.4, 0.5) is 4.39 Å². The van der Waals surface area contributed by atoms with Crippen LogP contribution in [0.2, 0.25) is 10.0 Å². The summed E-state index contributed by atoms with van der Waals surface area (Å²) < 4.78 is 18.8. The number of carbonyl (C=O) groups is 1. The van der Waals surface area contributed by atoms with Crippen molar-refractivity contribution in [2.24, 2.45) is 0 Å². The summed E-state index contributed by atoms with van der Waals surface area (Å²) in [6.07, 6.45) is 0. The van der Waals surface area contributed by atoms with E-state index in [0.717, 1.165) is 0 Å². The molecule has 2 aromatic rings. The summed E-state index contributed by atoms with van der Waals surface area (Å²) in [6.45, 7) is 2.09. The molecule has 5 nitrogen and oxygen atoms in total. The largest absolute Gasteiger partial charge is 0.378 e. The number of nitrogens with zero attached hydrogens (tertiary/aromatic N) is 2. The van der Waals surface area contributed by atoms with Crippen molar-refractivity contribution in [3.63, 3.8) is 0 Å². The number of rotatable bonds is 2. The lowest BCUT2D eigenvalue weighted by Gasteiger charge is -2.26. The second-order valence-electron chi connectivity index (χ2n) is 4.82. The van der Waals surface area contributed by atoms with E-state index in [4.69, 9.17) is 27.9 Å². The van der Waals surface area contributed by atoms with E-state index in [2.05, 4.69) is 10.2 Å². The Morgan fingerprint density at radius 1 is 1.23 bits per heavy atom. The molecular weight excluding hydrogens is 332 g/mol. The fraction of sp³-hybridized carbons (Fsp3) is 0.286. The van der Waals surface area contributed by atoms with Crippen molar-refractivity contribution < 1.29 is 13.9 Å². The molecule has 8 heteroatoms. The van der Waals surface area contributed by atoms with Crippen molar-refractivity contribution in [1.29, 1.82) is 0 Å². The first kappa shape index (κ1) is 15.3. The van der Waals surface area contributed by atoms with Crippen LogP contribution in [0.15, 0.2) is 18.2 Å². The molecule has 2 heterocycles. The molecule has 0 radical (unpaired) electrons. The first-order valence-electron chi connectivity index (χ1n) is 6.63. The summed E-state index contributed by atoms with van der Waals surface area (Å²) in [4.78, 5) is 14.0. The number of hydrogen-bond donors (Lipinski definition) is 1. The normalized spacial score (nSPS) is 15.1. The third-order valence-corrected chi connectivity index (χ3v) is 3.99. The molecule has 22 heavy (non-hydrogen) atoms. The Kier molecular flexibility index (Phi) is 4.33. The van der Waals surface area contributed by atoms with E-state index in [1.165, 1.54) is 12.1 Å². The number of aromatic nitrogens is 2. The van der Waals surface area contributed by atoms with Gasteiger partial charge in [-0.05, 0) is 18.2 Å². The van der Waals surface area contributed by atoms with Crippen LogP contribution >= 0.6 is 23.2 Å². The quantitative estimate of drug-likeness (QED) is 0.852. The highest BCUT2D eigenvalue weighted by Gasteiger charge is 2.21. The average molecular weight is 344 g/mol. The number of hydrogen-bond acceptors (Lipinski definition) is 3. The molecule has 1 saturated heterocycles. The average Bonchev–Trinajstić information content (AvgIpc) is 3.00. The molecule has 0 bridgehead atoms. The highest BCUT2D eigenvalue weighted by Crippen LogP contribution is 2.31. The number of ether oxygens (including phenoxy) is 1. The molecule has 1 aromatic carbocycles. The van der Waals surface area contributed by atoms with Gasteiger partial charge in [0, 0.05) is 18.7 Å². The standard InChI is InChI=1S/C14H12Cl2FN3O2/c15-9-6-10(16)11(17)5-8(9)12-7-13(19-18-12)14(21)20-1-3-22-4-2-20/h5-7H,1-4H2,(H,18,19). The number of nitrogens with one attached hydrogen (secondary N) is 1. The summed E-state index contributed by atoms with van der Waals surface area (Å²) >= 11 is 11.7. The van der Waals surface area contributed by atoms with Gasteiger partial charge in [-0.15, -0.1) is 0 Å². The first-order valence-corrected chi connectivity index (χ1v) is 7.39. The second-order valence-corrected chi connectivity index (χ2v) is 5.63. The van der Waals surface area contributed by atoms with Crippen LogP contribution in [-0.4, -0.2) is 47.3 Å². The molecule has 0 atom stereocenters. The SMILES string of the molecule is O=C(c1cc(-c2cc(F)c(Cl)cc2Cl)n[nH]1)N1CCOCC1. The molecular formula is C14H12Cl2FN3O2. The maximum atomic E-state index is 13.6. The van der Waals surface area contributed by atoms with Crippen LogP contribution < -0.4 is 0 Å². The Hall–Kier alpha value is -1.63. The van der Waals surface area contributed by atoms with Gasteiger partial charge in [0.15, 0.2) is 0 Å². The molecule has 0 unspecified atom stereocenters. The van der Waals surface area contributed by atoms with Crippen molar-refractivity contribution in [3.8, 4) is 11.3 Å². The molecule has 116 valence electrons. The Balaban J connectivity index is 1.87. The monoisotopic (exact) mass is 343 g/mol. The van der Waals surface area contributed by atoms with Crippen molar-refractivity contribution in [3.05, 3.63) is 39.8 Å². The van der Waals surface area contributed by atoms with Gasteiger partial charge in [0.1, 0.15) is 11.5 Å². The van der Waals surface area contributed by atoms with Gasteiger partial charge in [0.25, 0.3) is 5.91 Å². The minimum atomic E-state index is -0.592. The van der Waals surface area contributed by atoms with E-state index in [0.29, 0.717) is 43.3 Å². The van der Waals surface area contributed by atoms with E-state index in [-0.39, 0.29) is 16.0 Å². The molecule has 0 spiro atoms. The molecule has 1 aromatic heterocycles. The number of aromatic amines is 1. The van der Waals surface area contributed by atoms with E-state index in [1.54, 1.807) is 11.0 Å². The van der Waals surface area contributed by atoms with Crippen LogP contribution in [0.1, 0.15) is 10.5 Å². The van der Waals surface area contributed by atoms with Gasteiger partial charge >= 0.3 is 0 Å². The number of morpholine rings is 1. The number of H-pyrrole nitrogens is 1. The molecule has 1 aliphatic rings. The smallest absolute Gasteiger partial charge is 0.272 e. The van der Waals surface area contributed by atoms with Crippen LogP contribution in [0, 0.1) is 5.82 Å². The second kappa shape index (κ2) is 6.24. The molecule has 0 saturated carbocycles. The lowest BCUT2D eigenvalue weighted by atomic mass is 10.1. The van der Waals surface area contributed by atoms with Crippen LogP contribution in [0.25, 0.3) is 11.3 Å². The number of amides is 1. The van der Waals surface area contributed by atoms with E-state index >= 15 is 0 Å². The Bertz CT molecular complexity index is 714. The topological polar surface area (TPSA) is 58.2 Å². The molecule has 1 amide bonds. The van der Waals surface area contributed by atoms with E-state index < -0.39 is 5.82 Å². The zero-order valence-electron chi connectivity index (χ0n) is 11.4. The predicted octanol–water partition coefficient (Wildman–Crippen LogP) is 3.00. The number of benzene rings is 1.